The monoisotopic (exact) mass is 491 g/mol. The third kappa shape index (κ3) is 6.14. The number of rotatable bonds is 5. The minimum atomic E-state index is 0. The summed E-state index contributed by atoms with van der Waals surface area (Å²) in [5.74, 6) is 0.891. The lowest BCUT2D eigenvalue weighted by atomic mass is 10.2. The van der Waals surface area contributed by atoms with Gasteiger partial charge in [0.05, 0.1) is 12.7 Å². The molecule has 2 rings (SSSR count). The van der Waals surface area contributed by atoms with Gasteiger partial charge in [-0.2, -0.15) is 5.10 Å². The normalized spacial score (nSPS) is 11.0. The Bertz CT molecular complexity index is 641. The summed E-state index contributed by atoms with van der Waals surface area (Å²) in [7, 11) is 3.96. The molecule has 0 amide bonds. The zero-order valence-electron chi connectivity index (χ0n) is 13.7. The van der Waals surface area contributed by atoms with Gasteiger partial charge < -0.3 is 10.2 Å². The van der Waals surface area contributed by atoms with Crippen molar-refractivity contribution in [2.24, 2.45) is 12.0 Å². The Balaban J connectivity index is 0.00000264. The van der Waals surface area contributed by atoms with Crippen molar-refractivity contribution in [3.63, 3.8) is 0 Å². The van der Waals surface area contributed by atoms with Crippen molar-refractivity contribution in [2.75, 3.05) is 13.6 Å². The van der Waals surface area contributed by atoms with Crippen LogP contribution in [0.1, 0.15) is 18.1 Å². The van der Waals surface area contributed by atoms with Gasteiger partial charge in [-0.1, -0.05) is 34.1 Å². The third-order valence-corrected chi connectivity index (χ3v) is 4.01. The Morgan fingerprint density at radius 1 is 1.39 bits per heavy atom. The molecule has 0 unspecified atom stereocenters. The van der Waals surface area contributed by atoms with Crippen molar-refractivity contribution >= 4 is 45.9 Å². The van der Waals surface area contributed by atoms with E-state index in [1.165, 1.54) is 5.56 Å². The van der Waals surface area contributed by atoms with E-state index in [1.807, 2.05) is 38.6 Å². The lowest BCUT2D eigenvalue weighted by Crippen LogP contribution is -2.38. The summed E-state index contributed by atoms with van der Waals surface area (Å²) in [6, 6.07) is 8.25. The highest BCUT2D eigenvalue weighted by Crippen LogP contribution is 2.17. The fraction of sp³-hybridized carbons (Fsp3) is 0.375. The third-order valence-electron chi connectivity index (χ3n) is 3.23. The van der Waals surface area contributed by atoms with E-state index < -0.39 is 0 Å². The van der Waals surface area contributed by atoms with Crippen molar-refractivity contribution in [3.05, 3.63) is 52.3 Å². The maximum absolute atomic E-state index is 4.69. The van der Waals surface area contributed by atoms with Gasteiger partial charge in [-0.15, -0.1) is 24.0 Å². The topological polar surface area (TPSA) is 45.5 Å². The van der Waals surface area contributed by atoms with Crippen LogP contribution in [-0.2, 0) is 20.1 Å². The Morgan fingerprint density at radius 3 is 2.74 bits per heavy atom. The number of nitrogens with one attached hydrogen (secondary N) is 1. The molecular formula is C16H23BrIN5. The highest BCUT2D eigenvalue weighted by molar-refractivity contribution is 14.0. The lowest BCUT2D eigenvalue weighted by molar-refractivity contribution is 0.476. The molecule has 1 heterocycles. The fourth-order valence-electron chi connectivity index (χ4n) is 2.15. The molecule has 5 nitrogen and oxygen atoms in total. The molecule has 0 radical (unpaired) electrons. The Morgan fingerprint density at radius 2 is 2.13 bits per heavy atom. The molecule has 0 spiro atoms. The Hall–Kier alpha value is -1.09. The van der Waals surface area contributed by atoms with Crippen molar-refractivity contribution in [2.45, 2.75) is 20.0 Å². The van der Waals surface area contributed by atoms with Gasteiger partial charge in [-0.3, -0.25) is 4.68 Å². The summed E-state index contributed by atoms with van der Waals surface area (Å²) in [6.07, 6.45) is 3.84. The summed E-state index contributed by atoms with van der Waals surface area (Å²) in [4.78, 5) is 6.81. The molecule has 0 aliphatic heterocycles. The first kappa shape index (κ1) is 20.0. The maximum atomic E-state index is 4.69. The largest absolute Gasteiger partial charge is 0.357 e. The number of hydrogen-bond donors (Lipinski definition) is 1. The van der Waals surface area contributed by atoms with E-state index in [-0.39, 0.29) is 24.0 Å². The molecule has 23 heavy (non-hydrogen) atoms. The van der Waals surface area contributed by atoms with E-state index in [0.29, 0.717) is 6.54 Å². The first-order valence-corrected chi connectivity index (χ1v) is 8.09. The van der Waals surface area contributed by atoms with Gasteiger partial charge in [0.2, 0.25) is 0 Å². The minimum absolute atomic E-state index is 0. The standard InChI is InChI=1S/C16H22BrN5.HI/c1-4-18-16(19-9-13-10-20-22(3)11-13)21(2)12-14-7-5-6-8-15(14)17;/h5-8,10-11H,4,9,12H2,1-3H3,(H,18,19);1H. The van der Waals surface area contributed by atoms with Crippen LogP contribution in [0.15, 0.2) is 46.1 Å². The molecule has 0 atom stereocenters. The molecule has 0 aliphatic carbocycles. The van der Waals surface area contributed by atoms with E-state index >= 15 is 0 Å². The number of aliphatic imine (C=N–C) groups is 1. The van der Waals surface area contributed by atoms with Crippen LogP contribution in [0, 0.1) is 0 Å². The van der Waals surface area contributed by atoms with E-state index in [1.54, 1.807) is 4.68 Å². The number of halogens is 2. The molecule has 1 aromatic heterocycles. The first-order chi connectivity index (χ1) is 10.6. The van der Waals surface area contributed by atoms with Gasteiger partial charge in [-0.05, 0) is 18.6 Å². The molecule has 1 aromatic carbocycles. The second-order valence-electron chi connectivity index (χ2n) is 5.14. The molecule has 0 saturated carbocycles. The van der Waals surface area contributed by atoms with Crippen LogP contribution in [0.5, 0.6) is 0 Å². The molecule has 7 heteroatoms. The minimum Gasteiger partial charge on any atom is -0.357 e. The summed E-state index contributed by atoms with van der Waals surface area (Å²) in [5, 5.41) is 7.50. The summed E-state index contributed by atoms with van der Waals surface area (Å²) in [6.45, 7) is 4.33. The average Bonchev–Trinajstić information content (AvgIpc) is 2.91. The Labute approximate surface area is 163 Å². The molecular weight excluding hydrogens is 469 g/mol. The predicted octanol–water partition coefficient (Wildman–Crippen LogP) is 3.40. The molecule has 0 fully saturated rings. The molecule has 0 bridgehead atoms. The van der Waals surface area contributed by atoms with Crippen LogP contribution < -0.4 is 5.32 Å². The van der Waals surface area contributed by atoms with Gasteiger partial charge in [0.15, 0.2) is 5.96 Å². The second-order valence-corrected chi connectivity index (χ2v) is 5.99. The van der Waals surface area contributed by atoms with Crippen molar-refractivity contribution in [1.82, 2.24) is 20.0 Å². The smallest absolute Gasteiger partial charge is 0.194 e. The van der Waals surface area contributed by atoms with E-state index in [9.17, 15) is 0 Å². The van der Waals surface area contributed by atoms with Crippen LogP contribution in [0.25, 0.3) is 0 Å². The zero-order valence-corrected chi connectivity index (χ0v) is 17.6. The SMILES string of the molecule is CCNC(=NCc1cnn(C)c1)N(C)Cc1ccccc1Br.I. The molecule has 0 aliphatic rings. The lowest BCUT2D eigenvalue weighted by Gasteiger charge is -2.22. The number of aryl methyl sites for hydroxylation is 1. The Kier molecular flexibility index (Phi) is 8.60. The average molecular weight is 492 g/mol. The van der Waals surface area contributed by atoms with Gasteiger partial charge >= 0.3 is 0 Å². The maximum Gasteiger partial charge on any atom is 0.194 e. The molecule has 126 valence electrons. The van der Waals surface area contributed by atoms with Crippen LogP contribution in [0.4, 0.5) is 0 Å². The molecule has 1 N–H and O–H groups in total. The van der Waals surface area contributed by atoms with Gasteiger partial charge in [-0.25, -0.2) is 4.99 Å². The summed E-state index contributed by atoms with van der Waals surface area (Å²) in [5.41, 5.74) is 2.34. The quantitative estimate of drug-likeness (QED) is 0.396. The molecule has 2 aromatic rings. The fourth-order valence-corrected chi connectivity index (χ4v) is 2.56. The van der Waals surface area contributed by atoms with E-state index in [0.717, 1.165) is 29.1 Å². The van der Waals surface area contributed by atoms with Crippen molar-refractivity contribution in [1.29, 1.82) is 0 Å². The highest BCUT2D eigenvalue weighted by Gasteiger charge is 2.08. The number of hydrogen-bond acceptors (Lipinski definition) is 2. The van der Waals surface area contributed by atoms with Crippen molar-refractivity contribution < 1.29 is 0 Å². The van der Waals surface area contributed by atoms with Gasteiger partial charge in [0, 0.05) is 43.4 Å². The van der Waals surface area contributed by atoms with Crippen LogP contribution >= 0.6 is 39.9 Å². The number of guanidine groups is 1. The predicted molar refractivity (Wildman–Crippen MR) is 109 cm³/mol. The number of aromatic nitrogens is 2. The van der Waals surface area contributed by atoms with Crippen LogP contribution in [0.2, 0.25) is 0 Å². The first-order valence-electron chi connectivity index (χ1n) is 7.30. The highest BCUT2D eigenvalue weighted by atomic mass is 127. The second kappa shape index (κ2) is 9.92. The summed E-state index contributed by atoms with van der Waals surface area (Å²) < 4.78 is 2.91. The van der Waals surface area contributed by atoms with E-state index in [2.05, 4.69) is 55.3 Å². The van der Waals surface area contributed by atoms with Crippen molar-refractivity contribution in [3.8, 4) is 0 Å². The summed E-state index contributed by atoms with van der Waals surface area (Å²) >= 11 is 3.59. The number of nitrogens with zero attached hydrogens (tertiary/aromatic N) is 4. The number of benzene rings is 1. The zero-order chi connectivity index (χ0) is 15.9. The van der Waals surface area contributed by atoms with Gasteiger partial charge in [0.1, 0.15) is 0 Å². The van der Waals surface area contributed by atoms with Gasteiger partial charge in [0.25, 0.3) is 0 Å². The molecule has 0 saturated heterocycles. The van der Waals surface area contributed by atoms with Crippen LogP contribution in [0.3, 0.4) is 0 Å². The van der Waals surface area contributed by atoms with Crippen LogP contribution in [-0.4, -0.2) is 34.2 Å². The van der Waals surface area contributed by atoms with E-state index in [4.69, 9.17) is 0 Å².